The fourth-order valence-corrected chi connectivity index (χ4v) is 3.64. The summed E-state index contributed by atoms with van der Waals surface area (Å²) >= 11 is -1.30. The van der Waals surface area contributed by atoms with Crippen molar-refractivity contribution in [2.45, 2.75) is 38.5 Å². The van der Waals surface area contributed by atoms with E-state index < -0.39 is 11.2 Å². The Morgan fingerprint density at radius 1 is 1.24 bits per heavy atom. The topological polar surface area (TPSA) is 81.5 Å². The summed E-state index contributed by atoms with van der Waals surface area (Å²) < 4.78 is 31.1. The summed E-state index contributed by atoms with van der Waals surface area (Å²) in [5.74, 6) is 2.05. The van der Waals surface area contributed by atoms with Gasteiger partial charge in [0.25, 0.3) is 0 Å². The molecule has 3 aromatic rings. The van der Waals surface area contributed by atoms with Crippen molar-refractivity contribution in [1.29, 1.82) is 0 Å². The van der Waals surface area contributed by atoms with Gasteiger partial charge in [-0.3, -0.25) is 0 Å². The Morgan fingerprint density at radius 3 is 2.72 bits per heavy atom. The van der Waals surface area contributed by atoms with Crippen molar-refractivity contribution in [2.24, 2.45) is 0 Å². The molecule has 0 saturated carbocycles. The summed E-state index contributed by atoms with van der Waals surface area (Å²) in [5.41, 5.74) is 2.35. The first-order valence-corrected chi connectivity index (χ1v) is 11.1. The van der Waals surface area contributed by atoms with Crippen molar-refractivity contribution in [2.75, 3.05) is 26.6 Å². The zero-order valence-corrected chi connectivity index (χ0v) is 18.3. The maximum absolute atomic E-state index is 12.4. The molecule has 2 aromatic heterocycles. The van der Waals surface area contributed by atoms with E-state index in [1.807, 2.05) is 42.7 Å². The number of rotatable bonds is 9. The average molecular weight is 418 g/mol. The highest BCUT2D eigenvalue weighted by Gasteiger charge is 2.23. The first-order valence-electron chi connectivity index (χ1n) is 9.56. The largest absolute Gasteiger partial charge is 0.609 e. The number of methoxy groups -OCH3 is 1. The van der Waals surface area contributed by atoms with Crippen LogP contribution < -0.4 is 9.47 Å². The predicted octanol–water partition coefficient (Wildman–Crippen LogP) is 3.67. The van der Waals surface area contributed by atoms with E-state index in [1.165, 1.54) is 0 Å². The molecule has 8 heteroatoms. The zero-order valence-electron chi connectivity index (χ0n) is 17.5. The van der Waals surface area contributed by atoms with Gasteiger partial charge >= 0.3 is 5.16 Å². The molecule has 7 nitrogen and oxygen atoms in total. The molecule has 156 valence electrons. The van der Waals surface area contributed by atoms with Gasteiger partial charge in [-0.2, -0.15) is 4.98 Å². The molecule has 0 spiro atoms. The molecule has 0 N–H and O–H groups in total. The SMILES string of the molecule is CCC(C)OCCOc1ccnc(-n2c([S+](C)[O-])nc3cc(OC)ccc32)c1C. The van der Waals surface area contributed by atoms with Crippen LogP contribution in [-0.2, 0) is 15.9 Å². The second-order valence-corrected chi connectivity index (χ2v) is 8.01. The Morgan fingerprint density at radius 2 is 2.03 bits per heavy atom. The van der Waals surface area contributed by atoms with Crippen molar-refractivity contribution in [3.63, 3.8) is 0 Å². The van der Waals surface area contributed by atoms with Gasteiger partial charge < -0.3 is 18.8 Å². The number of hydrogen-bond donors (Lipinski definition) is 0. The Balaban J connectivity index is 1.96. The van der Waals surface area contributed by atoms with Crippen molar-refractivity contribution < 1.29 is 18.8 Å². The zero-order chi connectivity index (χ0) is 21.0. The van der Waals surface area contributed by atoms with Crippen LogP contribution in [0, 0.1) is 6.92 Å². The Labute approximate surface area is 174 Å². The van der Waals surface area contributed by atoms with Gasteiger partial charge in [0.15, 0.2) is 0 Å². The lowest BCUT2D eigenvalue weighted by atomic mass is 10.2. The van der Waals surface area contributed by atoms with Crippen LogP contribution >= 0.6 is 0 Å². The monoisotopic (exact) mass is 417 g/mol. The number of benzene rings is 1. The van der Waals surface area contributed by atoms with E-state index in [2.05, 4.69) is 16.9 Å². The third-order valence-electron chi connectivity index (χ3n) is 4.75. The molecule has 0 aliphatic rings. The summed E-state index contributed by atoms with van der Waals surface area (Å²) in [7, 11) is 1.61. The van der Waals surface area contributed by atoms with Gasteiger partial charge in [-0.1, -0.05) is 6.92 Å². The van der Waals surface area contributed by atoms with Gasteiger partial charge in [-0.25, -0.2) is 9.55 Å². The molecular weight excluding hydrogens is 390 g/mol. The van der Waals surface area contributed by atoms with Crippen LogP contribution in [0.3, 0.4) is 0 Å². The van der Waals surface area contributed by atoms with Crippen molar-refractivity contribution in [3.05, 3.63) is 36.0 Å². The summed E-state index contributed by atoms with van der Waals surface area (Å²) in [5, 5.41) is 0.432. The first kappa shape index (κ1) is 21.4. The molecule has 2 unspecified atom stereocenters. The van der Waals surface area contributed by atoms with Crippen molar-refractivity contribution in [3.8, 4) is 17.3 Å². The molecule has 0 saturated heterocycles. The molecule has 0 bridgehead atoms. The third kappa shape index (κ3) is 4.66. The van der Waals surface area contributed by atoms with Gasteiger partial charge in [-0.15, -0.1) is 0 Å². The minimum atomic E-state index is -1.30. The van der Waals surface area contributed by atoms with Crippen LogP contribution in [0.4, 0.5) is 0 Å². The highest BCUT2D eigenvalue weighted by molar-refractivity contribution is 7.90. The molecule has 0 fully saturated rings. The highest BCUT2D eigenvalue weighted by atomic mass is 32.2. The summed E-state index contributed by atoms with van der Waals surface area (Å²) in [6.07, 6.45) is 4.47. The molecule has 0 amide bonds. The third-order valence-corrected chi connectivity index (χ3v) is 5.53. The molecule has 3 rings (SSSR count). The van der Waals surface area contributed by atoms with Crippen LogP contribution in [0.1, 0.15) is 25.8 Å². The van der Waals surface area contributed by atoms with E-state index in [1.54, 1.807) is 19.6 Å². The smallest absolute Gasteiger partial charge is 0.329 e. The fourth-order valence-electron chi connectivity index (χ4n) is 2.97. The Hall–Kier alpha value is -2.29. The number of imidazole rings is 1. The van der Waals surface area contributed by atoms with E-state index in [0.717, 1.165) is 17.5 Å². The van der Waals surface area contributed by atoms with E-state index in [-0.39, 0.29) is 6.10 Å². The maximum atomic E-state index is 12.4. The summed E-state index contributed by atoms with van der Waals surface area (Å²) in [6, 6.07) is 7.40. The molecular formula is C21H27N3O4S. The molecule has 0 radical (unpaired) electrons. The molecule has 0 aliphatic heterocycles. The summed E-state index contributed by atoms with van der Waals surface area (Å²) in [4.78, 5) is 9.09. The lowest BCUT2D eigenvalue weighted by molar-refractivity contribution is 0.0425. The predicted molar refractivity (Wildman–Crippen MR) is 114 cm³/mol. The van der Waals surface area contributed by atoms with Crippen molar-refractivity contribution in [1.82, 2.24) is 14.5 Å². The average Bonchev–Trinajstić information content (AvgIpc) is 3.10. The minimum absolute atomic E-state index is 0.212. The Bertz CT molecular complexity index is 974. The molecule has 1 aromatic carbocycles. The van der Waals surface area contributed by atoms with E-state index in [4.69, 9.17) is 14.2 Å². The van der Waals surface area contributed by atoms with Crippen LogP contribution in [0.2, 0.25) is 0 Å². The number of ether oxygens (including phenoxy) is 3. The van der Waals surface area contributed by atoms with Gasteiger partial charge in [0.1, 0.15) is 30.2 Å². The molecule has 0 aliphatic carbocycles. The Kier molecular flexibility index (Phi) is 7.00. The van der Waals surface area contributed by atoms with E-state index >= 15 is 0 Å². The highest BCUT2D eigenvalue weighted by Crippen LogP contribution is 2.30. The van der Waals surface area contributed by atoms with Crippen LogP contribution in [0.25, 0.3) is 16.9 Å². The lowest BCUT2D eigenvalue weighted by Crippen LogP contribution is -2.14. The van der Waals surface area contributed by atoms with Crippen LogP contribution in [0.15, 0.2) is 35.6 Å². The van der Waals surface area contributed by atoms with Gasteiger partial charge in [-0.05, 0) is 38.5 Å². The maximum Gasteiger partial charge on any atom is 0.329 e. The second kappa shape index (κ2) is 9.47. The second-order valence-electron chi connectivity index (χ2n) is 6.73. The number of nitrogens with zero attached hydrogens (tertiary/aromatic N) is 3. The molecule has 2 atom stereocenters. The van der Waals surface area contributed by atoms with E-state index in [9.17, 15) is 4.55 Å². The van der Waals surface area contributed by atoms with Gasteiger partial charge in [0.2, 0.25) is 0 Å². The first-order chi connectivity index (χ1) is 14.0. The quantitative estimate of drug-likeness (QED) is 0.390. The number of hydrogen-bond acceptors (Lipinski definition) is 6. The van der Waals surface area contributed by atoms with Crippen LogP contribution in [-0.4, -0.2) is 51.8 Å². The lowest BCUT2D eigenvalue weighted by Gasteiger charge is -2.15. The molecule has 2 heterocycles. The van der Waals surface area contributed by atoms with Gasteiger partial charge in [0.05, 0.1) is 30.9 Å². The number of fused-ring (bicyclic) bond motifs is 1. The van der Waals surface area contributed by atoms with Gasteiger partial charge in [0, 0.05) is 29.0 Å². The standard InChI is InChI=1S/C21H27N3O4S/c1-6-14(2)27-11-12-28-19-9-10-22-20(15(19)3)24-18-8-7-16(26-4)13-17(18)23-21(24)29(5)25/h7-10,13-14H,6,11-12H2,1-5H3. The molecule has 29 heavy (non-hydrogen) atoms. The number of aromatic nitrogens is 3. The van der Waals surface area contributed by atoms with Crippen LogP contribution in [0.5, 0.6) is 11.5 Å². The normalized spacial score (nSPS) is 13.4. The minimum Gasteiger partial charge on any atom is -0.609 e. The van der Waals surface area contributed by atoms with Crippen molar-refractivity contribution >= 4 is 22.2 Å². The number of pyridine rings is 1. The fraction of sp³-hybridized carbons (Fsp3) is 0.429. The summed E-state index contributed by atoms with van der Waals surface area (Å²) in [6.45, 7) is 7.03. The van der Waals surface area contributed by atoms with E-state index in [0.29, 0.717) is 41.2 Å².